The minimum Gasteiger partial charge on any atom is -0.342 e. The van der Waals surface area contributed by atoms with Crippen LogP contribution in [-0.4, -0.2) is 39.2 Å². The van der Waals surface area contributed by atoms with Crippen LogP contribution in [0.15, 0.2) is 34.2 Å². The van der Waals surface area contributed by atoms with Crippen molar-refractivity contribution in [2.75, 3.05) is 18.8 Å². The first-order valence-corrected chi connectivity index (χ1v) is 8.91. The van der Waals surface area contributed by atoms with Gasteiger partial charge < -0.3 is 4.90 Å². The summed E-state index contributed by atoms with van der Waals surface area (Å²) in [6, 6.07) is 7.30. The number of benzene rings is 1. The SMILES string of the molecule is C[C@H]1CCCN(C(=O)CSc2nc3ccccc3c(=O)n2C)C1. The third-order valence-electron chi connectivity index (χ3n) is 4.28. The fourth-order valence-electron chi connectivity index (χ4n) is 2.96. The average Bonchev–Trinajstić information content (AvgIpc) is 2.56. The van der Waals surface area contributed by atoms with Gasteiger partial charge >= 0.3 is 0 Å². The summed E-state index contributed by atoms with van der Waals surface area (Å²) in [4.78, 5) is 31.2. The van der Waals surface area contributed by atoms with Crippen molar-refractivity contribution >= 4 is 28.6 Å². The predicted molar refractivity (Wildman–Crippen MR) is 92.7 cm³/mol. The summed E-state index contributed by atoms with van der Waals surface area (Å²) >= 11 is 1.34. The standard InChI is InChI=1S/C17H21N3O2S/c1-12-6-5-9-20(10-12)15(21)11-23-17-18-14-8-4-3-7-13(14)16(22)19(17)2/h3-4,7-8,12H,5-6,9-11H2,1-2H3/t12-/m0/s1. The van der Waals surface area contributed by atoms with Crippen molar-refractivity contribution in [3.05, 3.63) is 34.6 Å². The molecule has 0 saturated carbocycles. The van der Waals surface area contributed by atoms with E-state index in [1.807, 2.05) is 23.1 Å². The lowest BCUT2D eigenvalue weighted by atomic mass is 10.0. The van der Waals surface area contributed by atoms with Crippen molar-refractivity contribution in [2.24, 2.45) is 13.0 Å². The summed E-state index contributed by atoms with van der Waals surface area (Å²) in [5.74, 6) is 1.02. The number of rotatable bonds is 3. The molecule has 0 bridgehead atoms. The molecule has 5 nitrogen and oxygen atoms in total. The van der Waals surface area contributed by atoms with Gasteiger partial charge in [0.2, 0.25) is 5.91 Å². The second-order valence-corrected chi connectivity index (χ2v) is 7.09. The summed E-state index contributed by atoms with van der Waals surface area (Å²) in [5, 5.41) is 1.20. The van der Waals surface area contributed by atoms with E-state index in [2.05, 4.69) is 11.9 Å². The first-order valence-electron chi connectivity index (χ1n) is 7.92. The number of hydrogen-bond donors (Lipinski definition) is 0. The van der Waals surface area contributed by atoms with Gasteiger partial charge in [0.05, 0.1) is 16.7 Å². The van der Waals surface area contributed by atoms with E-state index in [1.54, 1.807) is 13.1 Å². The normalized spacial score (nSPS) is 18.3. The molecule has 1 fully saturated rings. The van der Waals surface area contributed by atoms with Crippen LogP contribution in [0.25, 0.3) is 10.9 Å². The molecule has 0 radical (unpaired) electrons. The Bertz CT molecular complexity index is 787. The van der Waals surface area contributed by atoms with Gasteiger partial charge in [0.25, 0.3) is 5.56 Å². The van der Waals surface area contributed by atoms with Gasteiger partial charge in [-0.15, -0.1) is 0 Å². The molecule has 1 aliphatic rings. The van der Waals surface area contributed by atoms with Crippen LogP contribution in [0.1, 0.15) is 19.8 Å². The van der Waals surface area contributed by atoms with E-state index in [0.29, 0.717) is 27.7 Å². The Morgan fingerprint density at radius 3 is 2.96 bits per heavy atom. The molecule has 1 aliphatic heterocycles. The highest BCUT2D eigenvalue weighted by molar-refractivity contribution is 7.99. The molecule has 1 aromatic heterocycles. The van der Waals surface area contributed by atoms with Crippen molar-refractivity contribution in [1.82, 2.24) is 14.5 Å². The molecule has 0 aliphatic carbocycles. The minimum atomic E-state index is -0.0721. The average molecular weight is 331 g/mol. The lowest BCUT2D eigenvalue weighted by Crippen LogP contribution is -2.40. The van der Waals surface area contributed by atoms with Gasteiger partial charge in [0, 0.05) is 20.1 Å². The number of thioether (sulfide) groups is 1. The largest absolute Gasteiger partial charge is 0.342 e. The van der Waals surface area contributed by atoms with Crippen molar-refractivity contribution in [3.63, 3.8) is 0 Å². The first kappa shape index (κ1) is 16.1. The molecule has 0 unspecified atom stereocenters. The van der Waals surface area contributed by atoms with Crippen LogP contribution in [0.5, 0.6) is 0 Å². The molecular formula is C17H21N3O2S. The number of aromatic nitrogens is 2. The molecule has 2 heterocycles. The second-order valence-electron chi connectivity index (χ2n) is 6.15. The van der Waals surface area contributed by atoms with E-state index in [-0.39, 0.29) is 11.5 Å². The molecule has 6 heteroatoms. The Balaban J connectivity index is 1.75. The van der Waals surface area contributed by atoms with E-state index >= 15 is 0 Å². The van der Waals surface area contributed by atoms with E-state index < -0.39 is 0 Å². The third kappa shape index (κ3) is 3.42. The van der Waals surface area contributed by atoms with Gasteiger partial charge in [-0.2, -0.15) is 0 Å². The highest BCUT2D eigenvalue weighted by Crippen LogP contribution is 2.20. The second kappa shape index (κ2) is 6.74. The maximum Gasteiger partial charge on any atom is 0.261 e. The number of piperidine rings is 1. The number of para-hydroxylation sites is 1. The van der Waals surface area contributed by atoms with Crippen molar-refractivity contribution in [3.8, 4) is 0 Å². The molecule has 2 aromatic rings. The Morgan fingerprint density at radius 2 is 2.17 bits per heavy atom. The van der Waals surface area contributed by atoms with Crippen LogP contribution in [0.2, 0.25) is 0 Å². The molecule has 122 valence electrons. The molecule has 1 saturated heterocycles. The topological polar surface area (TPSA) is 55.2 Å². The molecule has 0 N–H and O–H groups in total. The molecule has 1 atom stereocenters. The minimum absolute atomic E-state index is 0.0721. The van der Waals surface area contributed by atoms with Gasteiger partial charge in [-0.05, 0) is 30.9 Å². The van der Waals surface area contributed by atoms with Crippen LogP contribution in [0.4, 0.5) is 0 Å². The monoisotopic (exact) mass is 331 g/mol. The van der Waals surface area contributed by atoms with Crippen molar-refractivity contribution < 1.29 is 4.79 Å². The molecule has 3 rings (SSSR count). The molecule has 0 spiro atoms. The van der Waals surface area contributed by atoms with Crippen LogP contribution < -0.4 is 5.56 Å². The van der Waals surface area contributed by atoms with Gasteiger partial charge in [-0.1, -0.05) is 30.8 Å². The number of likely N-dealkylation sites (tertiary alicyclic amines) is 1. The van der Waals surface area contributed by atoms with Gasteiger partial charge in [-0.25, -0.2) is 4.98 Å². The zero-order chi connectivity index (χ0) is 16.4. The van der Waals surface area contributed by atoms with Crippen LogP contribution in [0.3, 0.4) is 0 Å². The Hall–Kier alpha value is -1.82. The molecular weight excluding hydrogens is 310 g/mol. The quantitative estimate of drug-likeness (QED) is 0.640. The maximum atomic E-state index is 12.4. The number of nitrogens with zero attached hydrogens (tertiary/aromatic N) is 3. The van der Waals surface area contributed by atoms with E-state index in [9.17, 15) is 9.59 Å². The summed E-state index contributed by atoms with van der Waals surface area (Å²) < 4.78 is 1.53. The number of hydrogen-bond acceptors (Lipinski definition) is 4. The zero-order valence-corrected chi connectivity index (χ0v) is 14.3. The maximum absolute atomic E-state index is 12.4. The number of carbonyl (C=O) groups excluding carboxylic acids is 1. The summed E-state index contributed by atoms with van der Waals surface area (Å²) in [6.07, 6.45) is 2.27. The highest BCUT2D eigenvalue weighted by Gasteiger charge is 2.21. The van der Waals surface area contributed by atoms with E-state index in [0.717, 1.165) is 19.5 Å². The summed E-state index contributed by atoms with van der Waals surface area (Å²) in [5.41, 5.74) is 0.606. The van der Waals surface area contributed by atoms with E-state index in [4.69, 9.17) is 0 Å². The highest BCUT2D eigenvalue weighted by atomic mass is 32.2. The predicted octanol–water partition coefficient (Wildman–Crippen LogP) is 2.28. The van der Waals surface area contributed by atoms with Crippen molar-refractivity contribution in [1.29, 1.82) is 0 Å². The van der Waals surface area contributed by atoms with Crippen molar-refractivity contribution in [2.45, 2.75) is 24.9 Å². The lowest BCUT2D eigenvalue weighted by Gasteiger charge is -2.30. The molecule has 23 heavy (non-hydrogen) atoms. The number of fused-ring (bicyclic) bond motifs is 1. The molecule has 1 amide bonds. The fraction of sp³-hybridized carbons (Fsp3) is 0.471. The van der Waals surface area contributed by atoms with Gasteiger partial charge in [0.15, 0.2) is 5.16 Å². The Morgan fingerprint density at radius 1 is 1.39 bits per heavy atom. The van der Waals surface area contributed by atoms with Crippen LogP contribution >= 0.6 is 11.8 Å². The third-order valence-corrected chi connectivity index (χ3v) is 5.29. The van der Waals surface area contributed by atoms with Gasteiger partial charge in [0.1, 0.15) is 0 Å². The summed E-state index contributed by atoms with van der Waals surface area (Å²) in [6.45, 7) is 3.86. The van der Waals surface area contributed by atoms with Crippen LogP contribution in [0, 0.1) is 5.92 Å². The fourth-order valence-corrected chi connectivity index (χ4v) is 3.83. The Labute approximate surface area is 139 Å². The number of amides is 1. The summed E-state index contributed by atoms with van der Waals surface area (Å²) in [7, 11) is 1.71. The van der Waals surface area contributed by atoms with Gasteiger partial charge in [-0.3, -0.25) is 14.2 Å². The Kier molecular flexibility index (Phi) is 4.71. The van der Waals surface area contributed by atoms with E-state index in [1.165, 1.54) is 22.7 Å². The smallest absolute Gasteiger partial charge is 0.261 e. The zero-order valence-electron chi connectivity index (χ0n) is 13.5. The van der Waals surface area contributed by atoms with Crippen LogP contribution in [-0.2, 0) is 11.8 Å². The molecule has 1 aromatic carbocycles. The first-order chi connectivity index (χ1) is 11.1. The number of carbonyl (C=O) groups is 1. The lowest BCUT2D eigenvalue weighted by molar-refractivity contribution is -0.130.